The zero-order valence-corrected chi connectivity index (χ0v) is 9.59. The Balaban J connectivity index is 2.26. The largest absolute Gasteiger partial charge is 0.288 e. The van der Waals surface area contributed by atoms with Gasteiger partial charge in [0.15, 0.2) is 5.82 Å². The summed E-state index contributed by atoms with van der Waals surface area (Å²) in [7, 11) is 0. The Morgan fingerprint density at radius 1 is 1.44 bits per heavy atom. The molecule has 2 aromatic heterocycles. The number of halogens is 1. The summed E-state index contributed by atoms with van der Waals surface area (Å²) in [6.45, 7) is 0. The third kappa shape index (κ3) is 2.19. The smallest absolute Gasteiger partial charge is 0.277 e. The molecule has 0 aliphatic heterocycles. The average molecular weight is 283 g/mol. The van der Waals surface area contributed by atoms with Crippen molar-refractivity contribution in [2.75, 3.05) is 5.43 Å². The lowest BCUT2D eigenvalue weighted by Gasteiger charge is -2.07. The summed E-state index contributed by atoms with van der Waals surface area (Å²) in [4.78, 5) is 14.0. The van der Waals surface area contributed by atoms with Crippen LogP contribution in [0.4, 0.5) is 11.5 Å². The fourth-order valence-electron chi connectivity index (χ4n) is 1.14. The van der Waals surface area contributed by atoms with Crippen molar-refractivity contribution in [1.29, 1.82) is 0 Å². The molecule has 0 bridgehead atoms. The second kappa shape index (κ2) is 4.31. The van der Waals surface area contributed by atoms with Gasteiger partial charge in [-0.05, 0) is 28.1 Å². The van der Waals surface area contributed by atoms with Crippen molar-refractivity contribution < 1.29 is 4.92 Å². The van der Waals surface area contributed by atoms with Gasteiger partial charge in [-0.25, -0.2) is 4.98 Å². The highest BCUT2D eigenvalue weighted by Gasteiger charge is 2.10. The molecule has 0 spiro atoms. The molecule has 0 saturated heterocycles. The molecule has 0 aliphatic carbocycles. The molecule has 2 aromatic rings. The fraction of sp³-hybridized carbons (Fsp3) is 0. The molecule has 0 saturated carbocycles. The molecule has 0 unspecified atom stereocenters. The molecule has 2 rings (SSSR count). The van der Waals surface area contributed by atoms with E-state index in [9.17, 15) is 10.1 Å². The van der Waals surface area contributed by atoms with Crippen LogP contribution in [0.3, 0.4) is 0 Å². The van der Waals surface area contributed by atoms with Crippen LogP contribution in [0.25, 0.3) is 0 Å². The lowest BCUT2D eigenvalue weighted by Crippen LogP contribution is -2.08. The number of anilines is 1. The van der Waals surface area contributed by atoms with E-state index >= 15 is 0 Å². The lowest BCUT2D eigenvalue weighted by molar-refractivity contribution is -0.385. The average Bonchev–Trinajstić information content (AvgIpc) is 2.73. The molecule has 0 radical (unpaired) electrons. The molecule has 82 valence electrons. The van der Waals surface area contributed by atoms with E-state index in [1.165, 1.54) is 12.3 Å². The standard InChI is InChI=1S/C9H7BrN4O2/c10-8-5-7(14(15)16)6-11-9(8)12-13-3-1-2-4-13/h1-6H,(H,11,12). The molecular weight excluding hydrogens is 276 g/mol. The van der Waals surface area contributed by atoms with Crippen LogP contribution in [-0.4, -0.2) is 14.6 Å². The monoisotopic (exact) mass is 282 g/mol. The van der Waals surface area contributed by atoms with Crippen molar-refractivity contribution in [2.45, 2.75) is 0 Å². The highest BCUT2D eigenvalue weighted by atomic mass is 79.9. The molecule has 0 fully saturated rings. The summed E-state index contributed by atoms with van der Waals surface area (Å²) in [5.74, 6) is 0.516. The van der Waals surface area contributed by atoms with E-state index in [0.717, 1.165) is 0 Å². The van der Waals surface area contributed by atoms with Crippen LogP contribution in [0, 0.1) is 10.1 Å². The zero-order chi connectivity index (χ0) is 11.5. The van der Waals surface area contributed by atoms with E-state index in [4.69, 9.17) is 0 Å². The minimum Gasteiger partial charge on any atom is -0.277 e. The normalized spacial score (nSPS) is 10.1. The summed E-state index contributed by atoms with van der Waals surface area (Å²) < 4.78 is 2.23. The summed E-state index contributed by atoms with van der Waals surface area (Å²) in [6.07, 6.45) is 4.81. The van der Waals surface area contributed by atoms with Crippen LogP contribution >= 0.6 is 15.9 Å². The van der Waals surface area contributed by atoms with Gasteiger partial charge in [0.2, 0.25) is 0 Å². The number of nitrogens with zero attached hydrogens (tertiary/aromatic N) is 3. The minimum atomic E-state index is -0.489. The summed E-state index contributed by atoms with van der Waals surface area (Å²) in [5, 5.41) is 10.5. The van der Waals surface area contributed by atoms with Gasteiger partial charge in [0.25, 0.3) is 5.69 Å². The van der Waals surface area contributed by atoms with Gasteiger partial charge in [0.05, 0.1) is 9.40 Å². The Morgan fingerprint density at radius 2 is 2.12 bits per heavy atom. The van der Waals surface area contributed by atoms with E-state index in [0.29, 0.717) is 10.3 Å². The fourth-order valence-corrected chi connectivity index (χ4v) is 1.57. The topological polar surface area (TPSA) is 73.0 Å². The Bertz CT molecular complexity index is 512. The Labute approximate surface area is 99.2 Å². The van der Waals surface area contributed by atoms with Crippen LogP contribution in [0.1, 0.15) is 0 Å². The van der Waals surface area contributed by atoms with Crippen LogP contribution in [-0.2, 0) is 0 Å². The number of nitro groups is 1. The second-order valence-corrected chi connectivity index (χ2v) is 3.84. The van der Waals surface area contributed by atoms with E-state index in [-0.39, 0.29) is 5.69 Å². The quantitative estimate of drug-likeness (QED) is 0.693. The molecular formula is C9H7BrN4O2. The highest BCUT2D eigenvalue weighted by Crippen LogP contribution is 2.24. The molecule has 16 heavy (non-hydrogen) atoms. The molecule has 1 N–H and O–H groups in total. The van der Waals surface area contributed by atoms with Crippen LogP contribution in [0.5, 0.6) is 0 Å². The SMILES string of the molecule is O=[N+]([O-])c1cnc(Nn2cccc2)c(Br)c1. The molecule has 2 heterocycles. The maximum Gasteiger partial charge on any atom is 0.288 e. The van der Waals surface area contributed by atoms with Gasteiger partial charge < -0.3 is 0 Å². The number of pyridine rings is 1. The molecule has 0 amide bonds. The third-order valence-electron chi connectivity index (χ3n) is 1.88. The zero-order valence-electron chi connectivity index (χ0n) is 8.00. The van der Waals surface area contributed by atoms with Crippen molar-refractivity contribution in [3.63, 3.8) is 0 Å². The first-order valence-corrected chi connectivity index (χ1v) is 5.16. The van der Waals surface area contributed by atoms with Gasteiger partial charge in [-0.1, -0.05) is 0 Å². The number of hydrogen-bond acceptors (Lipinski definition) is 4. The first-order valence-electron chi connectivity index (χ1n) is 4.37. The van der Waals surface area contributed by atoms with Crippen molar-refractivity contribution in [1.82, 2.24) is 9.66 Å². The Hall–Kier alpha value is -1.89. The Morgan fingerprint density at radius 3 is 2.69 bits per heavy atom. The van der Waals surface area contributed by atoms with Gasteiger partial charge in [-0.2, -0.15) is 0 Å². The molecule has 7 heteroatoms. The van der Waals surface area contributed by atoms with Crippen molar-refractivity contribution in [2.24, 2.45) is 0 Å². The second-order valence-electron chi connectivity index (χ2n) is 2.98. The van der Waals surface area contributed by atoms with Crippen molar-refractivity contribution >= 4 is 27.4 Å². The van der Waals surface area contributed by atoms with Crippen LogP contribution < -0.4 is 5.43 Å². The molecule has 0 aromatic carbocycles. The van der Waals surface area contributed by atoms with Gasteiger partial charge in [-0.3, -0.25) is 20.2 Å². The third-order valence-corrected chi connectivity index (χ3v) is 2.48. The van der Waals surface area contributed by atoms with E-state index < -0.39 is 4.92 Å². The first-order chi connectivity index (χ1) is 7.66. The van der Waals surface area contributed by atoms with Crippen LogP contribution in [0.2, 0.25) is 0 Å². The van der Waals surface area contributed by atoms with Crippen molar-refractivity contribution in [3.05, 3.63) is 51.4 Å². The molecule has 0 atom stereocenters. The lowest BCUT2D eigenvalue weighted by atomic mass is 10.4. The number of hydrogen-bond donors (Lipinski definition) is 1. The maximum atomic E-state index is 10.5. The van der Waals surface area contributed by atoms with E-state index in [2.05, 4.69) is 26.3 Å². The number of nitrogens with one attached hydrogen (secondary N) is 1. The van der Waals surface area contributed by atoms with Gasteiger partial charge in [-0.15, -0.1) is 0 Å². The summed E-state index contributed by atoms with van der Waals surface area (Å²) in [5.41, 5.74) is 2.90. The number of rotatable bonds is 3. The van der Waals surface area contributed by atoms with Gasteiger partial charge >= 0.3 is 0 Å². The summed E-state index contributed by atoms with van der Waals surface area (Å²) >= 11 is 3.22. The molecule has 0 aliphatic rings. The minimum absolute atomic E-state index is 0.0510. The first kappa shape index (κ1) is 10.6. The predicted molar refractivity (Wildman–Crippen MR) is 62.0 cm³/mol. The number of aromatic nitrogens is 2. The van der Waals surface area contributed by atoms with Gasteiger partial charge in [0.1, 0.15) is 6.20 Å². The Kier molecular flexibility index (Phi) is 2.86. The summed E-state index contributed by atoms with van der Waals surface area (Å²) in [6, 6.07) is 5.11. The van der Waals surface area contributed by atoms with E-state index in [1.54, 1.807) is 17.1 Å². The predicted octanol–water partition coefficient (Wildman–Crippen LogP) is 2.43. The van der Waals surface area contributed by atoms with E-state index in [1.807, 2.05) is 12.1 Å². The maximum absolute atomic E-state index is 10.5. The highest BCUT2D eigenvalue weighted by molar-refractivity contribution is 9.10. The molecule has 6 nitrogen and oxygen atoms in total. The van der Waals surface area contributed by atoms with Crippen molar-refractivity contribution in [3.8, 4) is 0 Å². The van der Waals surface area contributed by atoms with Gasteiger partial charge in [0, 0.05) is 18.5 Å². The van der Waals surface area contributed by atoms with Crippen LogP contribution in [0.15, 0.2) is 41.3 Å².